The molecule has 0 atom stereocenters. The minimum atomic E-state index is 0.255. The quantitative estimate of drug-likeness (QED) is 0.276. The first kappa shape index (κ1) is 9.69. The zero-order valence-corrected chi connectivity index (χ0v) is 7.89. The van der Waals surface area contributed by atoms with Crippen LogP contribution in [0, 0.1) is 0 Å². The van der Waals surface area contributed by atoms with Crippen molar-refractivity contribution in [1.29, 1.82) is 0 Å². The fourth-order valence-corrected chi connectivity index (χ4v) is 0.752. The highest BCUT2D eigenvalue weighted by atomic mass is 32.1. The van der Waals surface area contributed by atoms with Crippen molar-refractivity contribution < 1.29 is 4.42 Å². The van der Waals surface area contributed by atoms with E-state index in [0.717, 1.165) is 0 Å². The van der Waals surface area contributed by atoms with Gasteiger partial charge in [-0.25, -0.2) is 5.84 Å². The average Bonchev–Trinajstić information content (AvgIpc) is 2.66. The smallest absolute Gasteiger partial charge is 0.201 e. The number of nitrogens with one attached hydrogen (secondary N) is 2. The number of rotatable bonds is 2. The molecule has 1 aromatic rings. The maximum Gasteiger partial charge on any atom is 0.201 e. The predicted octanol–water partition coefficient (Wildman–Crippen LogP) is 0.341. The van der Waals surface area contributed by atoms with Crippen molar-refractivity contribution in [2.75, 3.05) is 0 Å². The largest absolute Gasteiger partial charge is 0.463 e. The highest BCUT2D eigenvalue weighted by Crippen LogP contribution is 2.00. The van der Waals surface area contributed by atoms with Crippen molar-refractivity contribution in [1.82, 2.24) is 10.9 Å². The van der Waals surface area contributed by atoms with E-state index >= 15 is 0 Å². The molecule has 1 rings (SSSR count). The number of thiocarbonyl (C=S) groups is 1. The average molecular weight is 198 g/mol. The van der Waals surface area contributed by atoms with E-state index in [-0.39, 0.29) is 5.11 Å². The highest BCUT2D eigenvalue weighted by Gasteiger charge is 1.99. The Hall–Kier alpha value is -1.40. The fourth-order valence-electron chi connectivity index (χ4n) is 0.706. The first-order valence-corrected chi connectivity index (χ1v) is 3.99. The summed E-state index contributed by atoms with van der Waals surface area (Å²) in [7, 11) is 0. The van der Waals surface area contributed by atoms with Crippen LogP contribution in [0.15, 0.2) is 27.9 Å². The van der Waals surface area contributed by atoms with Gasteiger partial charge in [0.2, 0.25) is 5.11 Å². The minimum absolute atomic E-state index is 0.255. The fraction of sp³-hybridized carbons (Fsp3) is 0.143. The molecule has 0 radical (unpaired) electrons. The van der Waals surface area contributed by atoms with E-state index in [4.69, 9.17) is 22.5 Å². The van der Waals surface area contributed by atoms with Crippen molar-refractivity contribution in [2.45, 2.75) is 6.92 Å². The zero-order chi connectivity index (χ0) is 9.68. The molecule has 0 aliphatic rings. The summed E-state index contributed by atoms with van der Waals surface area (Å²) >= 11 is 4.72. The van der Waals surface area contributed by atoms with Gasteiger partial charge in [0.25, 0.3) is 0 Å². The van der Waals surface area contributed by atoms with Gasteiger partial charge in [0.15, 0.2) is 0 Å². The van der Waals surface area contributed by atoms with E-state index in [0.29, 0.717) is 11.5 Å². The van der Waals surface area contributed by atoms with Gasteiger partial charge in [-0.3, -0.25) is 10.9 Å². The molecule has 0 saturated carbocycles. The number of hydrogen-bond donors (Lipinski definition) is 3. The second-order valence-electron chi connectivity index (χ2n) is 2.26. The summed E-state index contributed by atoms with van der Waals surface area (Å²) in [4.78, 5) is 0. The summed E-state index contributed by atoms with van der Waals surface area (Å²) in [6.45, 7) is 1.80. The summed E-state index contributed by atoms with van der Waals surface area (Å²) in [6, 6.07) is 3.59. The van der Waals surface area contributed by atoms with Gasteiger partial charge in [-0.05, 0) is 31.3 Å². The lowest BCUT2D eigenvalue weighted by Gasteiger charge is -2.01. The zero-order valence-electron chi connectivity index (χ0n) is 7.07. The van der Waals surface area contributed by atoms with Crippen LogP contribution in [-0.4, -0.2) is 10.8 Å². The third kappa shape index (κ3) is 2.85. The molecule has 0 aromatic carbocycles. The van der Waals surface area contributed by atoms with Crippen LogP contribution in [0.4, 0.5) is 0 Å². The minimum Gasteiger partial charge on any atom is -0.463 e. The molecule has 0 spiro atoms. The maximum absolute atomic E-state index is 5.10. The Morgan fingerprint density at radius 1 is 1.69 bits per heavy atom. The van der Waals surface area contributed by atoms with Gasteiger partial charge in [-0.2, -0.15) is 5.10 Å². The Morgan fingerprint density at radius 3 is 3.00 bits per heavy atom. The Kier molecular flexibility index (Phi) is 3.41. The van der Waals surface area contributed by atoms with Crippen molar-refractivity contribution in [2.24, 2.45) is 10.9 Å². The molecule has 0 saturated heterocycles. The standard InChI is InChI=1S/C7H10N4OS/c1-5(6-3-2-4-12-6)10-11-7(13)9-8/h2-4H,8H2,1H3,(H2,9,11,13)/b10-5-. The molecule has 4 N–H and O–H groups in total. The van der Waals surface area contributed by atoms with Crippen molar-refractivity contribution in [3.63, 3.8) is 0 Å². The van der Waals surface area contributed by atoms with Gasteiger partial charge in [0.1, 0.15) is 11.5 Å². The van der Waals surface area contributed by atoms with Gasteiger partial charge in [-0.1, -0.05) is 0 Å². The van der Waals surface area contributed by atoms with E-state index in [9.17, 15) is 0 Å². The van der Waals surface area contributed by atoms with Gasteiger partial charge in [0.05, 0.1) is 6.26 Å². The number of hydrazone groups is 1. The molecule has 0 unspecified atom stereocenters. The Morgan fingerprint density at radius 2 is 2.46 bits per heavy atom. The molecule has 0 fully saturated rings. The molecular weight excluding hydrogens is 188 g/mol. The summed E-state index contributed by atoms with van der Waals surface area (Å²) in [5.41, 5.74) is 5.49. The maximum atomic E-state index is 5.10. The normalized spacial score (nSPS) is 11.1. The lowest BCUT2D eigenvalue weighted by Crippen LogP contribution is -2.37. The highest BCUT2D eigenvalue weighted by molar-refractivity contribution is 7.80. The molecule has 1 aromatic heterocycles. The molecule has 1 heterocycles. The van der Waals surface area contributed by atoms with Gasteiger partial charge < -0.3 is 4.42 Å². The third-order valence-electron chi connectivity index (χ3n) is 1.33. The third-order valence-corrected chi connectivity index (χ3v) is 1.54. The van der Waals surface area contributed by atoms with Crippen LogP contribution in [-0.2, 0) is 0 Å². The van der Waals surface area contributed by atoms with E-state index in [1.807, 2.05) is 0 Å². The molecule has 13 heavy (non-hydrogen) atoms. The van der Waals surface area contributed by atoms with Crippen molar-refractivity contribution in [3.05, 3.63) is 24.2 Å². The summed E-state index contributed by atoms with van der Waals surface area (Å²) in [5.74, 6) is 5.72. The number of hydrazine groups is 1. The molecule has 0 aliphatic carbocycles. The van der Waals surface area contributed by atoms with E-state index in [2.05, 4.69) is 16.0 Å². The molecule has 0 amide bonds. The molecular formula is C7H10N4OS. The first-order chi connectivity index (χ1) is 6.24. The van der Waals surface area contributed by atoms with Crippen LogP contribution >= 0.6 is 12.2 Å². The molecule has 5 nitrogen and oxygen atoms in total. The van der Waals surface area contributed by atoms with E-state index in [1.54, 1.807) is 25.3 Å². The number of hydrogen-bond acceptors (Lipinski definition) is 4. The van der Waals surface area contributed by atoms with Gasteiger partial charge in [-0.15, -0.1) is 0 Å². The monoisotopic (exact) mass is 198 g/mol. The number of nitrogens with zero attached hydrogens (tertiary/aromatic N) is 1. The van der Waals surface area contributed by atoms with Crippen molar-refractivity contribution >= 4 is 23.0 Å². The first-order valence-electron chi connectivity index (χ1n) is 3.59. The van der Waals surface area contributed by atoms with E-state index in [1.165, 1.54) is 0 Å². The predicted molar refractivity (Wildman–Crippen MR) is 54.0 cm³/mol. The Labute approximate surface area is 81.0 Å². The van der Waals surface area contributed by atoms with Crippen LogP contribution < -0.4 is 16.7 Å². The molecule has 0 aliphatic heterocycles. The van der Waals surface area contributed by atoms with Crippen molar-refractivity contribution in [3.8, 4) is 0 Å². The number of furan rings is 1. The van der Waals surface area contributed by atoms with Gasteiger partial charge >= 0.3 is 0 Å². The second kappa shape index (κ2) is 4.58. The van der Waals surface area contributed by atoms with Crippen LogP contribution in [0.1, 0.15) is 12.7 Å². The second-order valence-corrected chi connectivity index (χ2v) is 2.67. The molecule has 70 valence electrons. The Bertz CT molecular complexity index is 306. The summed E-state index contributed by atoms with van der Waals surface area (Å²) in [6.07, 6.45) is 1.58. The topological polar surface area (TPSA) is 75.6 Å². The van der Waals surface area contributed by atoms with Crippen LogP contribution in [0.2, 0.25) is 0 Å². The lowest BCUT2D eigenvalue weighted by atomic mass is 10.3. The van der Waals surface area contributed by atoms with E-state index < -0.39 is 0 Å². The summed E-state index contributed by atoms with van der Waals surface area (Å²) < 4.78 is 5.10. The molecule has 6 heteroatoms. The van der Waals surface area contributed by atoms with Crippen LogP contribution in [0.3, 0.4) is 0 Å². The molecule has 0 bridgehead atoms. The summed E-state index contributed by atoms with van der Waals surface area (Å²) in [5, 5.41) is 4.18. The Balaban J connectivity index is 2.57. The number of nitrogens with two attached hydrogens (primary N) is 1. The van der Waals surface area contributed by atoms with Crippen LogP contribution in [0.25, 0.3) is 0 Å². The SMILES string of the molecule is C/C(=N/NC(=S)NN)c1ccco1. The van der Waals surface area contributed by atoms with Crippen LogP contribution in [0.5, 0.6) is 0 Å². The lowest BCUT2D eigenvalue weighted by molar-refractivity contribution is 0.556. The van der Waals surface area contributed by atoms with Gasteiger partial charge in [0, 0.05) is 0 Å².